The molecule has 1 amide bonds. The van der Waals surface area contributed by atoms with Gasteiger partial charge in [0.05, 0.1) is 24.9 Å². The highest BCUT2D eigenvalue weighted by Gasteiger charge is 2.42. The molecule has 5 heteroatoms. The van der Waals surface area contributed by atoms with E-state index in [1.54, 1.807) is 0 Å². The predicted molar refractivity (Wildman–Crippen MR) is 72.9 cm³/mol. The number of nitrogens with one attached hydrogen (secondary N) is 1. The lowest BCUT2D eigenvalue weighted by molar-refractivity contribution is -0.140. The maximum atomic E-state index is 12.7. The van der Waals surface area contributed by atoms with Crippen molar-refractivity contribution in [3.8, 4) is 0 Å². The minimum absolute atomic E-state index is 0.0714. The first kappa shape index (κ1) is 14.8. The number of carbonyl (C=O) groups is 1. The van der Waals surface area contributed by atoms with Crippen molar-refractivity contribution in [1.82, 2.24) is 10.2 Å². The lowest BCUT2D eigenvalue weighted by Gasteiger charge is -2.38. The SMILES string of the molecule is CCC1(C(=O)N2CCC(OCCO)CC2)CCCN1. The third-order valence-electron chi connectivity index (χ3n) is 4.43. The fourth-order valence-electron chi connectivity index (χ4n) is 3.19. The maximum absolute atomic E-state index is 12.7. The average Bonchev–Trinajstić information content (AvgIpc) is 2.95. The van der Waals surface area contributed by atoms with Crippen molar-refractivity contribution in [1.29, 1.82) is 0 Å². The first-order chi connectivity index (χ1) is 9.22. The quantitative estimate of drug-likeness (QED) is 0.764. The average molecular weight is 270 g/mol. The summed E-state index contributed by atoms with van der Waals surface area (Å²) in [4.78, 5) is 14.6. The van der Waals surface area contributed by atoms with Crippen LogP contribution in [0.4, 0.5) is 0 Å². The van der Waals surface area contributed by atoms with Crippen LogP contribution in [0, 0.1) is 0 Å². The Morgan fingerprint density at radius 3 is 2.74 bits per heavy atom. The van der Waals surface area contributed by atoms with Gasteiger partial charge >= 0.3 is 0 Å². The van der Waals surface area contributed by atoms with Crippen LogP contribution in [0.1, 0.15) is 39.0 Å². The van der Waals surface area contributed by atoms with Gasteiger partial charge < -0.3 is 20.1 Å². The van der Waals surface area contributed by atoms with Gasteiger partial charge in [-0.15, -0.1) is 0 Å². The van der Waals surface area contributed by atoms with E-state index in [2.05, 4.69) is 12.2 Å². The second-order valence-corrected chi connectivity index (χ2v) is 5.55. The van der Waals surface area contributed by atoms with Gasteiger partial charge in [-0.3, -0.25) is 4.79 Å². The van der Waals surface area contributed by atoms with Crippen LogP contribution in [0.5, 0.6) is 0 Å². The molecule has 19 heavy (non-hydrogen) atoms. The van der Waals surface area contributed by atoms with Crippen molar-refractivity contribution in [3.63, 3.8) is 0 Å². The molecular weight excluding hydrogens is 244 g/mol. The van der Waals surface area contributed by atoms with Crippen LogP contribution in [0.15, 0.2) is 0 Å². The van der Waals surface area contributed by atoms with Gasteiger partial charge in [0.15, 0.2) is 0 Å². The molecule has 0 radical (unpaired) electrons. The van der Waals surface area contributed by atoms with Gasteiger partial charge in [0.1, 0.15) is 0 Å². The van der Waals surface area contributed by atoms with Gasteiger partial charge in [-0.2, -0.15) is 0 Å². The molecule has 1 unspecified atom stereocenters. The highest BCUT2D eigenvalue weighted by molar-refractivity contribution is 5.86. The third-order valence-corrected chi connectivity index (χ3v) is 4.43. The van der Waals surface area contributed by atoms with E-state index in [1.807, 2.05) is 4.90 Å². The summed E-state index contributed by atoms with van der Waals surface area (Å²) < 4.78 is 5.53. The number of ether oxygens (including phenoxy) is 1. The smallest absolute Gasteiger partial charge is 0.242 e. The summed E-state index contributed by atoms with van der Waals surface area (Å²) in [6.45, 7) is 5.07. The molecule has 2 aliphatic rings. The first-order valence-electron chi connectivity index (χ1n) is 7.49. The summed E-state index contributed by atoms with van der Waals surface area (Å²) in [5.41, 5.74) is -0.307. The van der Waals surface area contributed by atoms with E-state index in [0.29, 0.717) is 6.61 Å². The van der Waals surface area contributed by atoms with Crippen LogP contribution >= 0.6 is 0 Å². The summed E-state index contributed by atoms with van der Waals surface area (Å²) in [6, 6.07) is 0. The van der Waals surface area contributed by atoms with Crippen molar-refractivity contribution in [2.45, 2.75) is 50.7 Å². The first-order valence-corrected chi connectivity index (χ1v) is 7.49. The van der Waals surface area contributed by atoms with Crippen LogP contribution in [-0.2, 0) is 9.53 Å². The van der Waals surface area contributed by atoms with Crippen molar-refractivity contribution in [2.24, 2.45) is 0 Å². The van der Waals surface area contributed by atoms with Crippen LogP contribution < -0.4 is 5.32 Å². The summed E-state index contributed by atoms with van der Waals surface area (Å²) in [7, 11) is 0. The third kappa shape index (κ3) is 3.27. The molecule has 0 bridgehead atoms. The van der Waals surface area contributed by atoms with Crippen molar-refractivity contribution >= 4 is 5.91 Å². The molecule has 2 saturated heterocycles. The van der Waals surface area contributed by atoms with Crippen LogP contribution in [0.3, 0.4) is 0 Å². The molecule has 2 N–H and O–H groups in total. The molecule has 5 nitrogen and oxygen atoms in total. The standard InChI is InChI=1S/C14H26N2O3/c1-2-14(6-3-7-15-14)13(18)16-8-4-12(5-9-16)19-11-10-17/h12,15,17H,2-11H2,1H3. The Hall–Kier alpha value is -0.650. The summed E-state index contributed by atoms with van der Waals surface area (Å²) in [5.74, 6) is 0.271. The number of rotatable bonds is 5. The summed E-state index contributed by atoms with van der Waals surface area (Å²) in [5, 5.41) is 12.2. The molecule has 0 spiro atoms. The number of aliphatic hydroxyl groups excluding tert-OH is 1. The molecule has 0 saturated carbocycles. The van der Waals surface area contributed by atoms with Crippen LogP contribution in [0.25, 0.3) is 0 Å². The van der Waals surface area contributed by atoms with Crippen molar-refractivity contribution in [2.75, 3.05) is 32.8 Å². The highest BCUT2D eigenvalue weighted by Crippen LogP contribution is 2.27. The minimum atomic E-state index is -0.307. The van der Waals surface area contributed by atoms with Gasteiger partial charge in [-0.05, 0) is 38.6 Å². The van der Waals surface area contributed by atoms with Crippen molar-refractivity contribution < 1.29 is 14.6 Å². The normalized spacial score (nSPS) is 28.8. The maximum Gasteiger partial charge on any atom is 0.242 e. The molecule has 110 valence electrons. The zero-order valence-corrected chi connectivity index (χ0v) is 11.9. The zero-order valence-electron chi connectivity index (χ0n) is 11.9. The second kappa shape index (κ2) is 6.68. The van der Waals surface area contributed by atoms with E-state index < -0.39 is 0 Å². The summed E-state index contributed by atoms with van der Waals surface area (Å²) >= 11 is 0. The molecule has 0 aromatic rings. The lowest BCUT2D eigenvalue weighted by atomic mass is 9.91. The Kier molecular flexibility index (Phi) is 5.19. The number of hydrogen-bond acceptors (Lipinski definition) is 4. The van der Waals surface area contributed by atoms with E-state index in [1.165, 1.54) is 0 Å². The van der Waals surface area contributed by atoms with Gasteiger partial charge in [-0.25, -0.2) is 0 Å². The van der Waals surface area contributed by atoms with Crippen molar-refractivity contribution in [3.05, 3.63) is 0 Å². The number of carbonyl (C=O) groups excluding carboxylic acids is 1. The summed E-state index contributed by atoms with van der Waals surface area (Å²) in [6.07, 6.45) is 4.88. The molecule has 2 rings (SSSR count). The number of likely N-dealkylation sites (tertiary alicyclic amines) is 1. The van der Waals surface area contributed by atoms with Crippen LogP contribution in [0.2, 0.25) is 0 Å². The van der Waals surface area contributed by atoms with E-state index in [0.717, 1.165) is 51.7 Å². The molecule has 2 aliphatic heterocycles. The van der Waals surface area contributed by atoms with E-state index >= 15 is 0 Å². The van der Waals surface area contributed by atoms with Gasteiger partial charge in [-0.1, -0.05) is 6.92 Å². The highest BCUT2D eigenvalue weighted by atomic mass is 16.5. The monoisotopic (exact) mass is 270 g/mol. The zero-order chi connectivity index (χ0) is 13.7. The molecule has 2 fully saturated rings. The molecule has 0 aliphatic carbocycles. The Morgan fingerprint density at radius 2 is 2.21 bits per heavy atom. The number of hydrogen-bond donors (Lipinski definition) is 2. The number of nitrogens with zero attached hydrogens (tertiary/aromatic N) is 1. The number of aliphatic hydroxyl groups is 1. The minimum Gasteiger partial charge on any atom is -0.394 e. The molecule has 1 atom stereocenters. The molecular formula is C14H26N2O3. The lowest BCUT2D eigenvalue weighted by Crippen LogP contribution is -2.56. The Bertz CT molecular complexity index is 295. The van der Waals surface area contributed by atoms with Gasteiger partial charge in [0.25, 0.3) is 0 Å². The van der Waals surface area contributed by atoms with Gasteiger partial charge in [0, 0.05) is 13.1 Å². The fraction of sp³-hybridized carbons (Fsp3) is 0.929. The molecule has 0 aromatic heterocycles. The van der Waals surface area contributed by atoms with Gasteiger partial charge in [0.2, 0.25) is 5.91 Å². The number of piperidine rings is 1. The molecule has 0 aromatic carbocycles. The van der Waals surface area contributed by atoms with Crippen LogP contribution in [-0.4, -0.2) is 60.4 Å². The second-order valence-electron chi connectivity index (χ2n) is 5.55. The predicted octanol–water partition coefficient (Wildman–Crippen LogP) is 0.518. The molecule has 2 heterocycles. The Balaban J connectivity index is 1.85. The Labute approximate surface area is 115 Å². The van der Waals surface area contributed by atoms with E-state index in [4.69, 9.17) is 9.84 Å². The van der Waals surface area contributed by atoms with E-state index in [9.17, 15) is 4.79 Å². The van der Waals surface area contributed by atoms with E-state index in [-0.39, 0.29) is 24.2 Å². The fourth-order valence-corrected chi connectivity index (χ4v) is 3.19. The Morgan fingerprint density at radius 1 is 1.47 bits per heavy atom. The largest absolute Gasteiger partial charge is 0.394 e. The topological polar surface area (TPSA) is 61.8 Å². The number of amides is 1.